The zero-order chi connectivity index (χ0) is 19.2. The maximum Gasteiger partial charge on any atom is 0.251 e. The Labute approximate surface area is 160 Å². The molecule has 4 nitrogen and oxygen atoms in total. The fraction of sp³-hybridized carbons (Fsp3) is 0.409. The van der Waals surface area contributed by atoms with Gasteiger partial charge in [0.05, 0.1) is 12.2 Å². The van der Waals surface area contributed by atoms with Crippen LogP contribution in [-0.2, 0) is 17.7 Å². The van der Waals surface area contributed by atoms with Gasteiger partial charge in [-0.1, -0.05) is 24.3 Å². The van der Waals surface area contributed by atoms with E-state index in [4.69, 9.17) is 4.74 Å². The highest BCUT2D eigenvalue weighted by Gasteiger charge is 2.22. The van der Waals surface area contributed by atoms with Gasteiger partial charge >= 0.3 is 0 Å². The van der Waals surface area contributed by atoms with Crippen LogP contribution < -0.4 is 5.32 Å². The quantitative estimate of drug-likeness (QED) is 0.847. The molecule has 1 aliphatic rings. The predicted molar refractivity (Wildman–Crippen MR) is 104 cm³/mol. The summed E-state index contributed by atoms with van der Waals surface area (Å²) in [6, 6.07) is 14.2. The monoisotopic (exact) mass is 370 g/mol. The number of carbonyl (C=O) groups excluding carboxylic acids is 1. The third kappa shape index (κ3) is 5.88. The maximum atomic E-state index is 13.2. The number of amides is 1. The summed E-state index contributed by atoms with van der Waals surface area (Å²) in [5, 5.41) is 2.89. The fourth-order valence-corrected chi connectivity index (χ4v) is 3.55. The number of hydrogen-bond donors (Lipinski definition) is 1. The zero-order valence-electron chi connectivity index (χ0n) is 16.0. The number of hydrogen-bond acceptors (Lipinski definition) is 3. The average Bonchev–Trinajstić information content (AvgIpc) is 2.61. The lowest BCUT2D eigenvalue weighted by atomic mass is 10.1. The van der Waals surface area contributed by atoms with Crippen LogP contribution in [-0.4, -0.2) is 42.6 Å². The first-order valence-electron chi connectivity index (χ1n) is 9.49. The molecule has 27 heavy (non-hydrogen) atoms. The summed E-state index contributed by atoms with van der Waals surface area (Å²) in [4.78, 5) is 14.7. The average molecular weight is 370 g/mol. The van der Waals surface area contributed by atoms with E-state index >= 15 is 0 Å². The van der Waals surface area contributed by atoms with Crippen molar-refractivity contribution in [3.8, 4) is 0 Å². The van der Waals surface area contributed by atoms with Crippen molar-refractivity contribution in [2.24, 2.45) is 0 Å². The number of nitrogens with zero attached hydrogens (tertiary/aromatic N) is 1. The number of benzene rings is 2. The smallest absolute Gasteiger partial charge is 0.251 e. The fourth-order valence-electron chi connectivity index (χ4n) is 3.55. The number of ether oxygens (including phenoxy) is 1. The van der Waals surface area contributed by atoms with E-state index in [-0.39, 0.29) is 23.9 Å². The number of rotatable bonds is 6. The summed E-state index contributed by atoms with van der Waals surface area (Å²) < 4.78 is 18.9. The lowest BCUT2D eigenvalue weighted by Gasteiger charge is -2.35. The molecule has 5 heteroatoms. The molecule has 144 valence electrons. The Morgan fingerprint density at radius 3 is 2.48 bits per heavy atom. The third-order valence-electron chi connectivity index (χ3n) is 4.71. The van der Waals surface area contributed by atoms with Crippen LogP contribution in [0, 0.1) is 5.82 Å². The van der Waals surface area contributed by atoms with Crippen LogP contribution >= 0.6 is 0 Å². The van der Waals surface area contributed by atoms with Crippen LogP contribution in [0.4, 0.5) is 4.39 Å². The largest absolute Gasteiger partial charge is 0.373 e. The van der Waals surface area contributed by atoms with Gasteiger partial charge in [0, 0.05) is 31.7 Å². The van der Waals surface area contributed by atoms with Crippen LogP contribution in [0.2, 0.25) is 0 Å². The molecule has 3 rings (SSSR count). The Balaban J connectivity index is 1.48. The highest BCUT2D eigenvalue weighted by Crippen LogP contribution is 2.15. The highest BCUT2D eigenvalue weighted by molar-refractivity contribution is 5.94. The van der Waals surface area contributed by atoms with Gasteiger partial charge in [0.25, 0.3) is 5.91 Å². The molecule has 0 saturated carbocycles. The topological polar surface area (TPSA) is 41.6 Å². The minimum Gasteiger partial charge on any atom is -0.373 e. The van der Waals surface area contributed by atoms with Gasteiger partial charge in [-0.15, -0.1) is 0 Å². The summed E-state index contributed by atoms with van der Waals surface area (Å²) in [6.07, 6.45) is 1.10. The minimum absolute atomic E-state index is 0.105. The van der Waals surface area contributed by atoms with E-state index in [9.17, 15) is 9.18 Å². The van der Waals surface area contributed by atoms with Gasteiger partial charge in [-0.25, -0.2) is 4.39 Å². The number of morpholine rings is 1. The molecule has 1 saturated heterocycles. The predicted octanol–water partition coefficient (Wildman–Crippen LogP) is 3.41. The molecule has 1 heterocycles. The van der Waals surface area contributed by atoms with E-state index in [1.807, 2.05) is 30.3 Å². The Hall–Kier alpha value is -2.24. The minimum atomic E-state index is -0.251. The molecule has 1 amide bonds. The van der Waals surface area contributed by atoms with E-state index in [0.717, 1.165) is 25.2 Å². The highest BCUT2D eigenvalue weighted by atomic mass is 19.1. The van der Waals surface area contributed by atoms with Crippen molar-refractivity contribution in [3.63, 3.8) is 0 Å². The Kier molecular flexibility index (Phi) is 6.58. The van der Waals surface area contributed by atoms with Crippen molar-refractivity contribution in [2.75, 3.05) is 19.6 Å². The molecule has 2 aromatic carbocycles. The molecule has 2 atom stereocenters. The molecule has 0 aromatic heterocycles. The number of nitrogens with one attached hydrogen (secondary N) is 1. The van der Waals surface area contributed by atoms with Crippen LogP contribution in [0.5, 0.6) is 0 Å². The molecule has 0 radical (unpaired) electrons. The molecular weight excluding hydrogens is 343 g/mol. The SMILES string of the molecule is CC1CN(Cc2ccc(C(=O)NCCc3cccc(F)c3)cc2)CC(C)O1. The van der Waals surface area contributed by atoms with Gasteiger partial charge in [0.1, 0.15) is 5.82 Å². The van der Waals surface area contributed by atoms with Crippen LogP contribution in [0.3, 0.4) is 0 Å². The lowest BCUT2D eigenvalue weighted by Crippen LogP contribution is -2.44. The van der Waals surface area contributed by atoms with Crippen molar-refractivity contribution in [1.82, 2.24) is 10.2 Å². The standard InChI is InChI=1S/C22H27FN2O2/c1-16-13-25(14-17(2)27-16)15-19-6-8-20(9-7-19)22(26)24-11-10-18-4-3-5-21(23)12-18/h3-9,12,16-17H,10-11,13-15H2,1-2H3,(H,24,26). The normalized spacial score (nSPS) is 20.4. The first-order valence-corrected chi connectivity index (χ1v) is 9.49. The summed E-state index contributed by atoms with van der Waals surface area (Å²) >= 11 is 0. The first-order chi connectivity index (χ1) is 13.0. The molecule has 1 N–H and O–H groups in total. The summed E-state index contributed by atoms with van der Waals surface area (Å²) in [6.45, 7) is 7.38. The zero-order valence-corrected chi connectivity index (χ0v) is 16.0. The van der Waals surface area contributed by atoms with E-state index < -0.39 is 0 Å². The van der Waals surface area contributed by atoms with Gasteiger partial charge < -0.3 is 10.1 Å². The van der Waals surface area contributed by atoms with Gasteiger partial charge in [-0.3, -0.25) is 9.69 Å². The van der Waals surface area contributed by atoms with Crippen molar-refractivity contribution < 1.29 is 13.9 Å². The molecule has 2 aromatic rings. The van der Waals surface area contributed by atoms with Gasteiger partial charge in [-0.2, -0.15) is 0 Å². The van der Waals surface area contributed by atoms with Crippen molar-refractivity contribution in [3.05, 3.63) is 71.0 Å². The number of carbonyl (C=O) groups is 1. The first kappa shape index (κ1) is 19.5. The molecule has 0 aliphatic carbocycles. The molecule has 0 bridgehead atoms. The van der Waals surface area contributed by atoms with Gasteiger partial charge in [0.15, 0.2) is 0 Å². The van der Waals surface area contributed by atoms with Crippen molar-refractivity contribution >= 4 is 5.91 Å². The molecule has 0 spiro atoms. The maximum absolute atomic E-state index is 13.2. The van der Waals surface area contributed by atoms with E-state index in [2.05, 4.69) is 24.1 Å². The Bertz CT molecular complexity index is 753. The van der Waals surface area contributed by atoms with Crippen molar-refractivity contribution in [2.45, 2.75) is 39.0 Å². The van der Waals surface area contributed by atoms with E-state index in [0.29, 0.717) is 18.5 Å². The van der Waals surface area contributed by atoms with Gasteiger partial charge in [0.2, 0.25) is 0 Å². The van der Waals surface area contributed by atoms with Crippen LogP contribution in [0.1, 0.15) is 35.3 Å². The molecule has 2 unspecified atom stereocenters. The second kappa shape index (κ2) is 9.11. The Morgan fingerprint density at radius 1 is 1.11 bits per heavy atom. The van der Waals surface area contributed by atoms with E-state index in [1.165, 1.54) is 17.7 Å². The van der Waals surface area contributed by atoms with Gasteiger partial charge in [-0.05, 0) is 55.7 Å². The lowest BCUT2D eigenvalue weighted by molar-refractivity contribution is -0.0704. The Morgan fingerprint density at radius 2 is 1.81 bits per heavy atom. The second-order valence-electron chi connectivity index (χ2n) is 7.28. The molecule has 1 aliphatic heterocycles. The van der Waals surface area contributed by atoms with Crippen molar-refractivity contribution in [1.29, 1.82) is 0 Å². The summed E-state index contributed by atoms with van der Waals surface area (Å²) in [5.74, 6) is -0.356. The second-order valence-corrected chi connectivity index (χ2v) is 7.28. The summed E-state index contributed by atoms with van der Waals surface area (Å²) in [5.41, 5.74) is 2.70. The summed E-state index contributed by atoms with van der Waals surface area (Å²) in [7, 11) is 0. The third-order valence-corrected chi connectivity index (χ3v) is 4.71. The van der Waals surface area contributed by atoms with Crippen LogP contribution in [0.25, 0.3) is 0 Å². The number of halogens is 1. The van der Waals surface area contributed by atoms with Crippen LogP contribution in [0.15, 0.2) is 48.5 Å². The van der Waals surface area contributed by atoms with E-state index in [1.54, 1.807) is 6.07 Å². The molecular formula is C22H27FN2O2. The molecule has 1 fully saturated rings.